The normalized spacial score (nSPS) is 11.3. The van der Waals surface area contributed by atoms with E-state index in [0.29, 0.717) is 28.7 Å². The van der Waals surface area contributed by atoms with E-state index in [4.69, 9.17) is 0 Å². The van der Waals surface area contributed by atoms with Crippen LogP contribution in [-0.2, 0) is 13.0 Å². The highest BCUT2D eigenvalue weighted by atomic mass is 32.1. The van der Waals surface area contributed by atoms with Crippen molar-refractivity contribution in [1.29, 1.82) is 0 Å². The van der Waals surface area contributed by atoms with Gasteiger partial charge in [0, 0.05) is 18.3 Å². The smallest absolute Gasteiger partial charge is 0.321 e. The molecule has 8 heteroatoms. The molecule has 7 nitrogen and oxygen atoms in total. The van der Waals surface area contributed by atoms with Gasteiger partial charge in [0.2, 0.25) is 0 Å². The summed E-state index contributed by atoms with van der Waals surface area (Å²) in [6.45, 7) is 6.45. The highest BCUT2D eigenvalue weighted by molar-refractivity contribution is 7.13. The zero-order chi connectivity index (χ0) is 21.3. The van der Waals surface area contributed by atoms with Crippen molar-refractivity contribution < 1.29 is 4.79 Å². The van der Waals surface area contributed by atoms with Crippen molar-refractivity contribution in [3.8, 4) is 0 Å². The molecular formula is C22H23N5O2S. The quantitative estimate of drug-likeness (QED) is 0.514. The maximum atomic E-state index is 12.8. The lowest BCUT2D eigenvalue weighted by atomic mass is 10.1. The Morgan fingerprint density at radius 3 is 2.80 bits per heavy atom. The predicted octanol–water partition coefficient (Wildman–Crippen LogP) is 3.76. The van der Waals surface area contributed by atoms with E-state index in [1.54, 1.807) is 18.3 Å². The average Bonchev–Trinajstić information content (AvgIpc) is 3.21. The largest absolute Gasteiger partial charge is 0.350 e. The number of carbonyl (C=O) groups excluding carboxylic acids is 1. The van der Waals surface area contributed by atoms with Gasteiger partial charge in [-0.15, -0.1) is 16.4 Å². The fraction of sp³-hybridized carbons (Fsp3) is 0.273. The summed E-state index contributed by atoms with van der Waals surface area (Å²) < 4.78 is 2.93. The number of benzene rings is 1. The van der Waals surface area contributed by atoms with Crippen molar-refractivity contribution >= 4 is 28.6 Å². The molecule has 3 aromatic heterocycles. The van der Waals surface area contributed by atoms with Crippen LogP contribution in [0.4, 0.5) is 5.69 Å². The lowest BCUT2D eigenvalue weighted by Crippen LogP contribution is -2.21. The number of pyridine rings is 1. The van der Waals surface area contributed by atoms with Crippen molar-refractivity contribution in [2.45, 2.75) is 33.7 Å². The van der Waals surface area contributed by atoms with Crippen LogP contribution in [0, 0.1) is 12.8 Å². The molecular weight excluding hydrogens is 398 g/mol. The minimum atomic E-state index is -0.196. The van der Waals surface area contributed by atoms with Gasteiger partial charge in [-0.25, -0.2) is 14.5 Å². The molecule has 30 heavy (non-hydrogen) atoms. The molecule has 0 radical (unpaired) electrons. The number of hydrogen-bond acceptors (Lipinski definition) is 5. The Morgan fingerprint density at radius 1 is 1.20 bits per heavy atom. The summed E-state index contributed by atoms with van der Waals surface area (Å²) in [6, 6.07) is 12.9. The molecule has 0 unspecified atom stereocenters. The molecule has 4 aromatic rings. The van der Waals surface area contributed by atoms with Crippen molar-refractivity contribution in [2.24, 2.45) is 5.92 Å². The summed E-state index contributed by atoms with van der Waals surface area (Å²) in [5, 5.41) is 8.29. The van der Waals surface area contributed by atoms with Crippen LogP contribution in [0.2, 0.25) is 0 Å². The molecule has 0 fully saturated rings. The second-order valence-electron chi connectivity index (χ2n) is 7.64. The highest BCUT2D eigenvalue weighted by Gasteiger charge is 2.16. The monoisotopic (exact) mass is 421 g/mol. The molecule has 0 aliphatic heterocycles. The Hall–Kier alpha value is -3.26. The molecule has 3 heterocycles. The van der Waals surface area contributed by atoms with Crippen LogP contribution in [-0.4, -0.2) is 25.1 Å². The van der Waals surface area contributed by atoms with Gasteiger partial charge in [0.05, 0.1) is 17.2 Å². The molecule has 4 rings (SSSR count). The summed E-state index contributed by atoms with van der Waals surface area (Å²) in [5.74, 6) is 0.327. The SMILES string of the molecule is Cc1nc(CC(C)C)sc1C(=O)Nc1cccc(Cn2nc3ccccn3c2=O)c1. The van der Waals surface area contributed by atoms with Gasteiger partial charge < -0.3 is 5.32 Å². The maximum absolute atomic E-state index is 12.8. The van der Waals surface area contributed by atoms with Gasteiger partial charge in [0.15, 0.2) is 5.65 Å². The van der Waals surface area contributed by atoms with Crippen LogP contribution in [0.1, 0.15) is 39.8 Å². The van der Waals surface area contributed by atoms with Crippen LogP contribution in [0.25, 0.3) is 5.65 Å². The second kappa shape index (κ2) is 8.23. The Labute approximate surface area is 178 Å². The standard InChI is InChI=1S/C22H23N5O2S/c1-14(2)11-19-23-15(3)20(30-19)21(28)24-17-8-6-7-16(12-17)13-27-22(29)26-10-5-4-9-18(26)25-27/h4-10,12,14H,11,13H2,1-3H3,(H,24,28). The Kier molecular flexibility index (Phi) is 5.50. The van der Waals surface area contributed by atoms with Crippen LogP contribution >= 0.6 is 11.3 Å². The number of hydrogen-bond donors (Lipinski definition) is 1. The summed E-state index contributed by atoms with van der Waals surface area (Å²) in [5.41, 5.74) is 2.70. The van der Waals surface area contributed by atoms with Gasteiger partial charge in [-0.05, 0) is 42.7 Å². The van der Waals surface area contributed by atoms with Gasteiger partial charge in [0.25, 0.3) is 5.91 Å². The number of carbonyl (C=O) groups is 1. The molecule has 0 atom stereocenters. The van der Waals surface area contributed by atoms with Crippen LogP contribution in [0.5, 0.6) is 0 Å². The molecule has 1 aromatic carbocycles. The van der Waals surface area contributed by atoms with E-state index in [1.807, 2.05) is 37.3 Å². The summed E-state index contributed by atoms with van der Waals surface area (Å²) in [6.07, 6.45) is 2.56. The Morgan fingerprint density at radius 2 is 2.03 bits per heavy atom. The van der Waals surface area contributed by atoms with E-state index < -0.39 is 0 Å². The van der Waals surface area contributed by atoms with Gasteiger partial charge in [-0.3, -0.25) is 9.20 Å². The number of anilines is 1. The zero-order valence-electron chi connectivity index (χ0n) is 17.1. The number of aromatic nitrogens is 4. The first-order valence-electron chi connectivity index (χ1n) is 9.81. The molecule has 0 bridgehead atoms. The molecule has 0 aliphatic carbocycles. The van der Waals surface area contributed by atoms with E-state index >= 15 is 0 Å². The average molecular weight is 422 g/mol. The molecule has 1 N–H and O–H groups in total. The number of thiazole rings is 1. The summed E-state index contributed by atoms with van der Waals surface area (Å²) in [7, 11) is 0. The molecule has 0 aliphatic rings. The first-order valence-corrected chi connectivity index (χ1v) is 10.6. The van der Waals surface area contributed by atoms with Crippen molar-refractivity contribution in [3.05, 3.63) is 80.3 Å². The van der Waals surface area contributed by atoms with E-state index in [-0.39, 0.29) is 11.6 Å². The van der Waals surface area contributed by atoms with Gasteiger partial charge in [-0.1, -0.05) is 32.0 Å². The molecule has 0 saturated carbocycles. The van der Waals surface area contributed by atoms with E-state index in [0.717, 1.165) is 22.7 Å². The Balaban J connectivity index is 1.52. The second-order valence-corrected chi connectivity index (χ2v) is 8.73. The van der Waals surface area contributed by atoms with Crippen molar-refractivity contribution in [3.63, 3.8) is 0 Å². The van der Waals surface area contributed by atoms with Gasteiger partial charge in [-0.2, -0.15) is 0 Å². The molecule has 0 saturated heterocycles. The molecule has 154 valence electrons. The van der Waals surface area contributed by atoms with Gasteiger partial charge in [0.1, 0.15) is 4.88 Å². The maximum Gasteiger partial charge on any atom is 0.350 e. The third-order valence-corrected chi connectivity index (χ3v) is 5.81. The summed E-state index contributed by atoms with van der Waals surface area (Å²) >= 11 is 1.44. The highest BCUT2D eigenvalue weighted by Crippen LogP contribution is 2.22. The van der Waals surface area contributed by atoms with Crippen molar-refractivity contribution in [1.82, 2.24) is 19.2 Å². The minimum Gasteiger partial charge on any atom is -0.321 e. The van der Waals surface area contributed by atoms with Crippen LogP contribution in [0.3, 0.4) is 0 Å². The summed E-state index contributed by atoms with van der Waals surface area (Å²) in [4.78, 5) is 30.4. The third-order valence-electron chi connectivity index (χ3n) is 4.64. The number of fused-ring (bicyclic) bond motifs is 1. The minimum absolute atomic E-state index is 0.165. The zero-order valence-corrected chi connectivity index (χ0v) is 17.9. The van der Waals surface area contributed by atoms with E-state index in [2.05, 4.69) is 29.2 Å². The number of rotatable bonds is 6. The Bertz CT molecular complexity index is 1270. The number of nitrogens with one attached hydrogen (secondary N) is 1. The first-order chi connectivity index (χ1) is 14.4. The molecule has 1 amide bonds. The van der Waals surface area contributed by atoms with Crippen LogP contribution < -0.4 is 11.0 Å². The lowest BCUT2D eigenvalue weighted by Gasteiger charge is -2.07. The fourth-order valence-corrected chi connectivity index (χ4v) is 4.45. The van der Waals surface area contributed by atoms with Gasteiger partial charge >= 0.3 is 5.69 Å². The van der Waals surface area contributed by atoms with Crippen LogP contribution in [0.15, 0.2) is 53.5 Å². The topological polar surface area (TPSA) is 81.3 Å². The number of nitrogens with zero attached hydrogens (tertiary/aromatic N) is 4. The first kappa shape index (κ1) is 20.0. The third kappa shape index (κ3) is 4.18. The fourth-order valence-electron chi connectivity index (χ4n) is 3.28. The number of amides is 1. The van der Waals surface area contributed by atoms with E-state index in [9.17, 15) is 9.59 Å². The van der Waals surface area contributed by atoms with Crippen molar-refractivity contribution in [2.75, 3.05) is 5.32 Å². The van der Waals surface area contributed by atoms with E-state index in [1.165, 1.54) is 20.4 Å². The number of aryl methyl sites for hydroxylation is 1. The lowest BCUT2D eigenvalue weighted by molar-refractivity contribution is 0.103. The molecule has 0 spiro atoms. The predicted molar refractivity (Wildman–Crippen MR) is 118 cm³/mol.